The predicted molar refractivity (Wildman–Crippen MR) is 110 cm³/mol. The highest BCUT2D eigenvalue weighted by Crippen LogP contribution is 2.40. The van der Waals surface area contributed by atoms with Crippen molar-refractivity contribution in [3.63, 3.8) is 0 Å². The van der Waals surface area contributed by atoms with Crippen molar-refractivity contribution >= 4 is 44.4 Å². The summed E-state index contributed by atoms with van der Waals surface area (Å²) in [6.07, 6.45) is 3.55. The summed E-state index contributed by atoms with van der Waals surface area (Å²) < 4.78 is 0. The molecule has 0 saturated heterocycles. The minimum absolute atomic E-state index is 0.811. The molecule has 6 heteroatoms. The van der Waals surface area contributed by atoms with Crippen LogP contribution in [0.1, 0.15) is 27.7 Å². The molecule has 130 valence electrons. The van der Waals surface area contributed by atoms with Gasteiger partial charge in [0.15, 0.2) is 0 Å². The molecule has 0 unspecified atom stereocenters. The van der Waals surface area contributed by atoms with Crippen LogP contribution < -0.4 is 5.32 Å². The van der Waals surface area contributed by atoms with Gasteiger partial charge < -0.3 is 5.32 Å². The Labute approximate surface area is 160 Å². The van der Waals surface area contributed by atoms with Crippen molar-refractivity contribution in [2.45, 2.75) is 33.1 Å². The fraction of sp³-hybridized carbons (Fsp3) is 0.250. The second-order valence-electron chi connectivity index (χ2n) is 6.61. The molecule has 4 aromatic rings. The van der Waals surface area contributed by atoms with Crippen LogP contribution in [0.15, 0.2) is 29.6 Å². The van der Waals surface area contributed by atoms with Crippen molar-refractivity contribution in [3.05, 3.63) is 50.9 Å². The van der Waals surface area contributed by atoms with Gasteiger partial charge in [0.05, 0.1) is 16.1 Å². The van der Waals surface area contributed by atoms with E-state index in [9.17, 15) is 0 Å². The summed E-state index contributed by atoms with van der Waals surface area (Å²) in [6.45, 7) is 4.00. The maximum Gasteiger partial charge on any atom is 0.143 e. The number of nitrogens with zero attached hydrogens (tertiary/aromatic N) is 3. The highest BCUT2D eigenvalue weighted by Gasteiger charge is 2.22. The minimum atomic E-state index is 0.811. The third kappa shape index (κ3) is 2.70. The summed E-state index contributed by atoms with van der Waals surface area (Å²) in [4.78, 5) is 16.6. The monoisotopic (exact) mass is 378 g/mol. The Balaban J connectivity index is 1.58. The van der Waals surface area contributed by atoms with Gasteiger partial charge in [0.25, 0.3) is 0 Å². The first-order valence-electron chi connectivity index (χ1n) is 8.76. The SMILES string of the molecule is Cc1nc(Nc2cccc(-c3csc(C)n3)c2)c2c3c(sc2n1)CCC3. The Bertz CT molecular complexity index is 1130. The number of benzene rings is 1. The molecule has 0 radical (unpaired) electrons. The van der Waals surface area contributed by atoms with E-state index >= 15 is 0 Å². The minimum Gasteiger partial charge on any atom is -0.340 e. The number of hydrogen-bond donors (Lipinski definition) is 1. The molecule has 1 aliphatic carbocycles. The molecule has 1 aliphatic rings. The molecule has 3 aromatic heterocycles. The lowest BCUT2D eigenvalue weighted by atomic mass is 10.1. The zero-order valence-electron chi connectivity index (χ0n) is 14.7. The Morgan fingerprint density at radius 3 is 2.85 bits per heavy atom. The molecule has 0 spiro atoms. The van der Waals surface area contributed by atoms with Crippen molar-refractivity contribution in [1.29, 1.82) is 0 Å². The normalized spacial score (nSPS) is 13.3. The molecule has 1 N–H and O–H groups in total. The molecule has 0 saturated carbocycles. The standard InChI is InChI=1S/C20H18N4S2/c1-11-21-19(18-15-7-4-8-17(15)26-20(18)22-11)24-14-6-3-5-13(9-14)16-10-25-12(2)23-16/h3,5-6,9-10H,4,7-8H2,1-2H3,(H,21,22,24). The molecular formula is C20H18N4S2. The van der Waals surface area contributed by atoms with E-state index in [1.807, 2.05) is 25.2 Å². The average molecular weight is 379 g/mol. The number of nitrogens with one attached hydrogen (secondary N) is 1. The van der Waals surface area contributed by atoms with Crippen molar-refractivity contribution < 1.29 is 0 Å². The van der Waals surface area contributed by atoms with E-state index in [1.165, 1.54) is 28.7 Å². The zero-order chi connectivity index (χ0) is 17.7. The lowest BCUT2D eigenvalue weighted by Crippen LogP contribution is -1.99. The molecule has 0 atom stereocenters. The van der Waals surface area contributed by atoms with Crippen LogP contribution in [0, 0.1) is 13.8 Å². The topological polar surface area (TPSA) is 50.7 Å². The summed E-state index contributed by atoms with van der Waals surface area (Å²) in [5.74, 6) is 1.74. The first-order valence-corrected chi connectivity index (χ1v) is 10.5. The van der Waals surface area contributed by atoms with Gasteiger partial charge in [0, 0.05) is 21.5 Å². The highest BCUT2D eigenvalue weighted by atomic mass is 32.1. The van der Waals surface area contributed by atoms with Gasteiger partial charge in [-0.05, 0) is 50.8 Å². The Kier molecular flexibility index (Phi) is 3.76. The third-order valence-electron chi connectivity index (χ3n) is 4.72. The molecule has 0 fully saturated rings. The fourth-order valence-electron chi connectivity index (χ4n) is 3.58. The predicted octanol–water partition coefficient (Wildman–Crippen LogP) is 5.66. The van der Waals surface area contributed by atoms with Crippen molar-refractivity contribution in [2.24, 2.45) is 0 Å². The summed E-state index contributed by atoms with van der Waals surface area (Å²) >= 11 is 3.51. The Morgan fingerprint density at radius 2 is 2.00 bits per heavy atom. The van der Waals surface area contributed by atoms with Crippen LogP contribution in [0.25, 0.3) is 21.5 Å². The molecule has 0 aliphatic heterocycles. The highest BCUT2D eigenvalue weighted by molar-refractivity contribution is 7.19. The fourth-order valence-corrected chi connectivity index (χ4v) is 5.51. The summed E-state index contributed by atoms with van der Waals surface area (Å²) in [5.41, 5.74) is 4.62. The number of rotatable bonds is 3. The van der Waals surface area contributed by atoms with E-state index in [0.29, 0.717) is 0 Å². The zero-order valence-corrected chi connectivity index (χ0v) is 16.3. The van der Waals surface area contributed by atoms with Gasteiger partial charge >= 0.3 is 0 Å². The Hall–Kier alpha value is -2.31. The molecule has 0 amide bonds. The van der Waals surface area contributed by atoms with Crippen LogP contribution >= 0.6 is 22.7 Å². The van der Waals surface area contributed by atoms with Crippen LogP contribution in [0.5, 0.6) is 0 Å². The molecule has 1 aromatic carbocycles. The number of hydrogen-bond acceptors (Lipinski definition) is 6. The smallest absolute Gasteiger partial charge is 0.143 e. The first-order chi connectivity index (χ1) is 12.7. The second-order valence-corrected chi connectivity index (χ2v) is 8.76. The molecule has 0 bridgehead atoms. The lowest BCUT2D eigenvalue weighted by Gasteiger charge is -2.10. The van der Waals surface area contributed by atoms with Crippen molar-refractivity contribution in [3.8, 4) is 11.3 Å². The van der Waals surface area contributed by atoms with E-state index in [-0.39, 0.29) is 0 Å². The van der Waals surface area contributed by atoms with Crippen LogP contribution in [0.2, 0.25) is 0 Å². The summed E-state index contributed by atoms with van der Waals surface area (Å²) in [5, 5.41) is 7.95. The molecule has 5 rings (SSSR count). The van der Waals surface area contributed by atoms with Gasteiger partial charge in [-0.1, -0.05) is 12.1 Å². The molecule has 3 heterocycles. The van der Waals surface area contributed by atoms with Crippen LogP contribution in [0.4, 0.5) is 11.5 Å². The van der Waals surface area contributed by atoms with Crippen LogP contribution in [-0.4, -0.2) is 15.0 Å². The van der Waals surface area contributed by atoms with Gasteiger partial charge in [0.2, 0.25) is 0 Å². The van der Waals surface area contributed by atoms with E-state index < -0.39 is 0 Å². The molecule has 26 heavy (non-hydrogen) atoms. The largest absolute Gasteiger partial charge is 0.340 e. The summed E-state index contributed by atoms with van der Waals surface area (Å²) in [7, 11) is 0. The van der Waals surface area contributed by atoms with Gasteiger partial charge in [-0.2, -0.15) is 0 Å². The van der Waals surface area contributed by atoms with Crippen molar-refractivity contribution in [2.75, 3.05) is 5.32 Å². The summed E-state index contributed by atoms with van der Waals surface area (Å²) in [6, 6.07) is 8.39. The lowest BCUT2D eigenvalue weighted by molar-refractivity contribution is 0.917. The van der Waals surface area contributed by atoms with E-state index in [4.69, 9.17) is 4.98 Å². The van der Waals surface area contributed by atoms with E-state index in [0.717, 1.165) is 44.8 Å². The van der Waals surface area contributed by atoms with Crippen molar-refractivity contribution in [1.82, 2.24) is 15.0 Å². The number of thiophene rings is 1. The Morgan fingerprint density at radius 1 is 1.08 bits per heavy atom. The first kappa shape index (κ1) is 15.9. The van der Waals surface area contributed by atoms with E-state index in [1.54, 1.807) is 11.3 Å². The number of aryl methyl sites for hydroxylation is 4. The van der Waals surface area contributed by atoms with Crippen LogP contribution in [0.3, 0.4) is 0 Å². The van der Waals surface area contributed by atoms with Gasteiger partial charge in [0.1, 0.15) is 16.5 Å². The quantitative estimate of drug-likeness (QED) is 0.499. The average Bonchev–Trinajstić information content (AvgIpc) is 3.30. The second kappa shape index (κ2) is 6.14. The van der Waals surface area contributed by atoms with E-state index in [2.05, 4.69) is 44.9 Å². The van der Waals surface area contributed by atoms with Gasteiger partial charge in [-0.15, -0.1) is 22.7 Å². The number of aromatic nitrogens is 3. The number of fused-ring (bicyclic) bond motifs is 3. The van der Waals surface area contributed by atoms with Gasteiger partial charge in [-0.3, -0.25) is 0 Å². The molecule has 4 nitrogen and oxygen atoms in total. The maximum absolute atomic E-state index is 4.72. The number of anilines is 2. The van der Waals surface area contributed by atoms with Crippen LogP contribution in [-0.2, 0) is 12.8 Å². The molecular weight excluding hydrogens is 360 g/mol. The third-order valence-corrected chi connectivity index (χ3v) is 6.68. The maximum atomic E-state index is 4.72. The number of thiazole rings is 1. The van der Waals surface area contributed by atoms with Gasteiger partial charge in [-0.25, -0.2) is 15.0 Å².